The predicted molar refractivity (Wildman–Crippen MR) is 86.6 cm³/mol. The van der Waals surface area contributed by atoms with Crippen LogP contribution in [0.1, 0.15) is 11.3 Å². The first-order valence-corrected chi connectivity index (χ1v) is 7.34. The quantitative estimate of drug-likeness (QED) is 0.508. The number of benzene rings is 1. The SMILES string of the molecule is Cc1ccc2c(oc3nc(C#N)ccc32)c1-c1n(C)cc[n+]1C. The van der Waals surface area contributed by atoms with Crippen LogP contribution in [0.5, 0.6) is 0 Å². The minimum atomic E-state index is 0.360. The van der Waals surface area contributed by atoms with Crippen molar-refractivity contribution in [3.05, 3.63) is 47.9 Å². The highest BCUT2D eigenvalue weighted by Crippen LogP contribution is 2.36. The van der Waals surface area contributed by atoms with E-state index < -0.39 is 0 Å². The second kappa shape index (κ2) is 4.68. The van der Waals surface area contributed by atoms with Crippen LogP contribution in [-0.4, -0.2) is 9.55 Å². The van der Waals surface area contributed by atoms with Gasteiger partial charge in [-0.3, -0.25) is 0 Å². The lowest BCUT2D eigenvalue weighted by Gasteiger charge is -2.04. The van der Waals surface area contributed by atoms with Gasteiger partial charge in [0.1, 0.15) is 29.7 Å². The van der Waals surface area contributed by atoms with Crippen LogP contribution in [0, 0.1) is 18.3 Å². The Balaban J connectivity index is 2.16. The Bertz CT molecular complexity index is 1090. The van der Waals surface area contributed by atoms with Crippen molar-refractivity contribution in [2.45, 2.75) is 6.92 Å². The number of hydrogen-bond donors (Lipinski definition) is 0. The zero-order valence-electron chi connectivity index (χ0n) is 13.2. The largest absolute Gasteiger partial charge is 0.437 e. The summed E-state index contributed by atoms with van der Waals surface area (Å²) in [6.07, 6.45) is 4.03. The topological polar surface area (TPSA) is 58.6 Å². The molecule has 23 heavy (non-hydrogen) atoms. The molecule has 0 radical (unpaired) electrons. The van der Waals surface area contributed by atoms with Gasteiger partial charge in [-0.25, -0.2) is 14.1 Å². The van der Waals surface area contributed by atoms with E-state index in [1.54, 1.807) is 6.07 Å². The van der Waals surface area contributed by atoms with Crippen LogP contribution in [0.2, 0.25) is 0 Å². The Morgan fingerprint density at radius 1 is 1.22 bits per heavy atom. The molecule has 3 heterocycles. The van der Waals surface area contributed by atoms with E-state index in [9.17, 15) is 0 Å². The third kappa shape index (κ3) is 1.85. The van der Waals surface area contributed by atoms with Gasteiger partial charge in [0.05, 0.1) is 14.1 Å². The van der Waals surface area contributed by atoms with E-state index in [1.165, 1.54) is 0 Å². The van der Waals surface area contributed by atoms with Crippen LogP contribution < -0.4 is 4.57 Å². The maximum absolute atomic E-state index is 9.03. The number of rotatable bonds is 1. The number of pyridine rings is 1. The van der Waals surface area contributed by atoms with Crippen LogP contribution in [-0.2, 0) is 14.1 Å². The normalized spacial score (nSPS) is 11.2. The number of hydrogen-bond acceptors (Lipinski definition) is 3. The zero-order chi connectivity index (χ0) is 16.1. The van der Waals surface area contributed by atoms with Crippen molar-refractivity contribution < 1.29 is 8.98 Å². The van der Waals surface area contributed by atoms with Crippen LogP contribution in [0.3, 0.4) is 0 Å². The van der Waals surface area contributed by atoms with Crippen molar-refractivity contribution in [1.82, 2.24) is 9.55 Å². The summed E-state index contributed by atoms with van der Waals surface area (Å²) in [4.78, 5) is 4.29. The fourth-order valence-electron chi connectivity index (χ4n) is 3.10. The maximum Gasteiger partial charge on any atom is 0.292 e. The molecule has 0 atom stereocenters. The summed E-state index contributed by atoms with van der Waals surface area (Å²) in [7, 11) is 4.03. The highest BCUT2D eigenvalue weighted by atomic mass is 16.3. The van der Waals surface area contributed by atoms with E-state index in [-0.39, 0.29) is 0 Å². The number of imidazole rings is 1. The van der Waals surface area contributed by atoms with E-state index in [0.29, 0.717) is 11.4 Å². The zero-order valence-corrected chi connectivity index (χ0v) is 13.2. The van der Waals surface area contributed by atoms with Crippen LogP contribution in [0.15, 0.2) is 41.1 Å². The molecule has 4 rings (SSSR count). The number of nitriles is 1. The van der Waals surface area contributed by atoms with E-state index in [4.69, 9.17) is 9.68 Å². The second-order valence-corrected chi connectivity index (χ2v) is 5.74. The van der Waals surface area contributed by atoms with E-state index in [0.717, 1.165) is 33.3 Å². The fourth-order valence-corrected chi connectivity index (χ4v) is 3.10. The molecule has 0 unspecified atom stereocenters. The van der Waals surface area contributed by atoms with Gasteiger partial charge in [0.25, 0.3) is 5.82 Å². The van der Waals surface area contributed by atoms with Crippen LogP contribution >= 0.6 is 0 Å². The first kappa shape index (κ1) is 13.5. The van der Waals surface area contributed by atoms with Gasteiger partial charge < -0.3 is 4.42 Å². The Morgan fingerprint density at radius 2 is 2.00 bits per heavy atom. The van der Waals surface area contributed by atoms with Gasteiger partial charge >= 0.3 is 0 Å². The molecular formula is C18H15N4O+. The molecule has 0 fully saturated rings. The summed E-state index contributed by atoms with van der Waals surface area (Å²) in [5.41, 5.74) is 3.85. The molecule has 0 amide bonds. The Labute approximate surface area is 133 Å². The lowest BCUT2D eigenvalue weighted by molar-refractivity contribution is -0.659. The highest BCUT2D eigenvalue weighted by molar-refractivity contribution is 6.08. The molecule has 0 aliphatic carbocycles. The molecule has 4 aromatic rings. The monoisotopic (exact) mass is 303 g/mol. The summed E-state index contributed by atoms with van der Waals surface area (Å²) >= 11 is 0. The summed E-state index contributed by atoms with van der Waals surface area (Å²) < 4.78 is 10.2. The average Bonchev–Trinajstić information content (AvgIpc) is 3.07. The molecule has 5 nitrogen and oxygen atoms in total. The van der Waals surface area contributed by atoms with Gasteiger partial charge in [-0.2, -0.15) is 5.26 Å². The van der Waals surface area contributed by atoms with Crippen molar-refractivity contribution in [2.75, 3.05) is 0 Å². The fraction of sp³-hybridized carbons (Fsp3) is 0.167. The molecule has 0 saturated carbocycles. The predicted octanol–water partition coefficient (Wildman–Crippen LogP) is 2.99. The Kier molecular flexibility index (Phi) is 2.75. The van der Waals surface area contributed by atoms with E-state index >= 15 is 0 Å². The van der Waals surface area contributed by atoms with Gasteiger partial charge in [0.2, 0.25) is 5.71 Å². The average molecular weight is 303 g/mol. The molecule has 0 saturated heterocycles. The van der Waals surface area contributed by atoms with Gasteiger partial charge in [-0.1, -0.05) is 12.1 Å². The van der Waals surface area contributed by atoms with Gasteiger partial charge in [-0.15, -0.1) is 0 Å². The molecule has 112 valence electrons. The molecule has 1 aromatic carbocycles. The number of nitrogens with zero attached hydrogens (tertiary/aromatic N) is 4. The van der Waals surface area contributed by atoms with Crippen molar-refractivity contribution in [3.63, 3.8) is 0 Å². The first-order chi connectivity index (χ1) is 11.1. The number of aryl methyl sites for hydroxylation is 3. The van der Waals surface area contributed by atoms with Crippen LogP contribution in [0.25, 0.3) is 33.5 Å². The Hall–Kier alpha value is -3.13. The Morgan fingerprint density at radius 3 is 2.70 bits per heavy atom. The summed E-state index contributed by atoms with van der Waals surface area (Å²) in [6, 6.07) is 9.82. The number of fused-ring (bicyclic) bond motifs is 3. The third-order valence-corrected chi connectivity index (χ3v) is 4.24. The standard InChI is InChI=1S/C18H15N4O/c1-11-4-6-13-14-7-5-12(10-19)20-17(14)23-16(13)15(11)18-21(2)8-9-22(18)3/h4-9H,1-3H3/q+1. The van der Waals surface area contributed by atoms with Crippen molar-refractivity contribution >= 4 is 22.1 Å². The smallest absolute Gasteiger partial charge is 0.292 e. The molecule has 0 spiro atoms. The summed E-state index contributed by atoms with van der Waals surface area (Å²) in [5.74, 6) is 1.06. The van der Waals surface area contributed by atoms with Gasteiger partial charge in [0.15, 0.2) is 5.58 Å². The molecule has 0 bridgehead atoms. The lowest BCUT2D eigenvalue weighted by atomic mass is 10.0. The summed E-state index contributed by atoms with van der Waals surface area (Å²) in [5, 5.41) is 11.0. The van der Waals surface area contributed by atoms with Crippen molar-refractivity contribution in [2.24, 2.45) is 14.1 Å². The first-order valence-electron chi connectivity index (χ1n) is 7.34. The molecule has 0 aliphatic heterocycles. The van der Waals surface area contributed by atoms with Crippen molar-refractivity contribution in [3.8, 4) is 17.5 Å². The molecule has 0 N–H and O–H groups in total. The lowest BCUT2D eigenvalue weighted by Crippen LogP contribution is -2.29. The van der Waals surface area contributed by atoms with E-state index in [2.05, 4.69) is 39.2 Å². The number of aromatic nitrogens is 3. The minimum absolute atomic E-state index is 0.360. The molecule has 5 heteroatoms. The van der Waals surface area contributed by atoms with E-state index in [1.807, 2.05) is 32.6 Å². The van der Waals surface area contributed by atoms with Gasteiger partial charge in [-0.05, 0) is 24.6 Å². The second-order valence-electron chi connectivity index (χ2n) is 5.74. The molecule has 0 aliphatic rings. The van der Waals surface area contributed by atoms with Crippen LogP contribution in [0.4, 0.5) is 0 Å². The third-order valence-electron chi connectivity index (χ3n) is 4.24. The maximum atomic E-state index is 9.03. The van der Waals surface area contributed by atoms with Crippen molar-refractivity contribution in [1.29, 1.82) is 5.26 Å². The van der Waals surface area contributed by atoms with Gasteiger partial charge in [0, 0.05) is 10.8 Å². The minimum Gasteiger partial charge on any atom is -0.437 e. The molecule has 3 aromatic heterocycles. The number of furan rings is 1. The summed E-state index contributed by atoms with van der Waals surface area (Å²) in [6.45, 7) is 2.07. The molecular weight excluding hydrogens is 288 g/mol. The highest BCUT2D eigenvalue weighted by Gasteiger charge is 2.23.